The molecule has 6 nitrogen and oxygen atoms in total. The molecule has 1 aliphatic carbocycles. The summed E-state index contributed by atoms with van der Waals surface area (Å²) in [5, 5.41) is 3.06. The van der Waals surface area contributed by atoms with Gasteiger partial charge in [0.2, 0.25) is 10.0 Å². The van der Waals surface area contributed by atoms with E-state index in [4.69, 9.17) is 4.74 Å². The van der Waals surface area contributed by atoms with E-state index in [1.165, 1.54) is 24.8 Å². The zero-order chi connectivity index (χ0) is 21.2. The van der Waals surface area contributed by atoms with Crippen LogP contribution >= 0.6 is 0 Å². The minimum atomic E-state index is -3.85. The van der Waals surface area contributed by atoms with Crippen LogP contribution in [-0.2, 0) is 16.4 Å². The molecule has 1 atom stereocenters. The van der Waals surface area contributed by atoms with Crippen LogP contribution in [0.1, 0.15) is 61.1 Å². The van der Waals surface area contributed by atoms with E-state index < -0.39 is 15.6 Å². The lowest BCUT2D eigenvalue weighted by molar-refractivity contribution is 0.0932. The molecule has 7 heteroatoms. The van der Waals surface area contributed by atoms with Crippen molar-refractivity contribution in [3.05, 3.63) is 59.2 Å². The van der Waals surface area contributed by atoms with Crippen LogP contribution in [0.15, 0.2) is 47.4 Å². The number of hydrogen-bond donors (Lipinski definition) is 2. The summed E-state index contributed by atoms with van der Waals surface area (Å²) < 4.78 is 33.5. The molecule has 1 amide bonds. The summed E-state index contributed by atoms with van der Waals surface area (Å²) in [5.74, 6) is -0.108. The van der Waals surface area contributed by atoms with Gasteiger partial charge in [-0.1, -0.05) is 24.3 Å². The van der Waals surface area contributed by atoms with Crippen molar-refractivity contribution in [1.29, 1.82) is 0 Å². The van der Waals surface area contributed by atoms with Crippen molar-refractivity contribution >= 4 is 15.9 Å². The number of sulfonamides is 1. The standard InChI is InChI=1S/C22H28N2O4S/c1-22(2,3)24-29(26,27)20-14-16(12-13-19(20)28-4)21(25)23-18-11-7-9-15-8-5-6-10-17(15)18/h5-6,8,10,12-14,18,24H,7,9,11H2,1-4H3,(H,23,25). The van der Waals surface area contributed by atoms with Gasteiger partial charge in [-0.05, 0) is 69.4 Å². The SMILES string of the molecule is COc1ccc(C(=O)NC2CCCc3ccccc32)cc1S(=O)(=O)NC(C)(C)C. The molecular formula is C22H28N2O4S. The number of ether oxygens (including phenoxy) is 1. The fraction of sp³-hybridized carbons (Fsp3) is 0.409. The molecule has 2 N–H and O–H groups in total. The third kappa shape index (κ3) is 4.97. The third-order valence-electron chi connectivity index (χ3n) is 4.83. The molecule has 0 saturated heterocycles. The van der Waals surface area contributed by atoms with Crippen LogP contribution in [0.2, 0.25) is 0 Å². The van der Waals surface area contributed by atoms with Crippen LogP contribution in [0.3, 0.4) is 0 Å². The number of fused-ring (bicyclic) bond motifs is 1. The molecule has 0 spiro atoms. The highest BCUT2D eigenvalue weighted by atomic mass is 32.2. The number of benzene rings is 2. The average Bonchev–Trinajstić information content (AvgIpc) is 2.66. The van der Waals surface area contributed by atoms with Gasteiger partial charge in [-0.2, -0.15) is 0 Å². The van der Waals surface area contributed by atoms with Gasteiger partial charge < -0.3 is 10.1 Å². The van der Waals surface area contributed by atoms with Gasteiger partial charge in [0, 0.05) is 11.1 Å². The van der Waals surface area contributed by atoms with Gasteiger partial charge in [0.1, 0.15) is 10.6 Å². The predicted octanol–water partition coefficient (Wildman–Crippen LogP) is 3.58. The Labute approximate surface area is 172 Å². The highest BCUT2D eigenvalue weighted by Crippen LogP contribution is 2.30. The summed E-state index contributed by atoms with van der Waals surface area (Å²) in [6, 6.07) is 12.5. The molecule has 0 bridgehead atoms. The van der Waals surface area contributed by atoms with Crippen molar-refractivity contribution in [2.45, 2.75) is 56.5 Å². The molecule has 2 aromatic rings. The third-order valence-corrected chi connectivity index (χ3v) is 6.61. The van der Waals surface area contributed by atoms with Crippen molar-refractivity contribution in [2.24, 2.45) is 0 Å². The second-order valence-electron chi connectivity index (χ2n) is 8.34. The first-order valence-corrected chi connectivity index (χ1v) is 11.2. The smallest absolute Gasteiger partial charge is 0.251 e. The van der Waals surface area contributed by atoms with Gasteiger partial charge in [-0.25, -0.2) is 13.1 Å². The lowest BCUT2D eigenvalue weighted by atomic mass is 9.87. The topological polar surface area (TPSA) is 84.5 Å². The van der Waals surface area contributed by atoms with Crippen LogP contribution in [0, 0.1) is 0 Å². The Morgan fingerprint density at radius 2 is 1.86 bits per heavy atom. The van der Waals surface area contributed by atoms with Crippen molar-refractivity contribution in [2.75, 3.05) is 7.11 Å². The van der Waals surface area contributed by atoms with Crippen LogP contribution in [-0.4, -0.2) is 27.0 Å². The van der Waals surface area contributed by atoms with Gasteiger partial charge in [0.15, 0.2) is 0 Å². The minimum absolute atomic E-state index is 0.0494. The number of carbonyl (C=O) groups excluding carboxylic acids is 1. The Balaban J connectivity index is 1.89. The first kappa shape index (κ1) is 21.3. The van der Waals surface area contributed by atoms with Gasteiger partial charge >= 0.3 is 0 Å². The fourth-order valence-electron chi connectivity index (χ4n) is 3.63. The van der Waals surface area contributed by atoms with Crippen LogP contribution in [0.5, 0.6) is 5.75 Å². The zero-order valence-electron chi connectivity index (χ0n) is 17.3. The number of hydrogen-bond acceptors (Lipinski definition) is 4. The highest BCUT2D eigenvalue weighted by molar-refractivity contribution is 7.89. The molecular weight excluding hydrogens is 388 g/mol. The Kier molecular flexibility index (Phi) is 6.00. The molecule has 1 unspecified atom stereocenters. The van der Waals surface area contributed by atoms with Crippen molar-refractivity contribution in [3.63, 3.8) is 0 Å². The number of rotatable bonds is 5. The highest BCUT2D eigenvalue weighted by Gasteiger charge is 2.27. The quantitative estimate of drug-likeness (QED) is 0.780. The number of amides is 1. The van der Waals surface area contributed by atoms with E-state index in [1.54, 1.807) is 26.8 Å². The largest absolute Gasteiger partial charge is 0.495 e. The van der Waals surface area contributed by atoms with Crippen molar-refractivity contribution in [1.82, 2.24) is 10.0 Å². The molecule has 1 aliphatic rings. The summed E-state index contributed by atoms with van der Waals surface area (Å²) in [6.07, 6.45) is 2.86. The average molecular weight is 417 g/mol. The van der Waals surface area contributed by atoms with E-state index in [0.29, 0.717) is 0 Å². The molecule has 29 heavy (non-hydrogen) atoms. The summed E-state index contributed by atoms with van der Waals surface area (Å²) in [7, 11) is -2.45. The molecule has 0 saturated carbocycles. The maximum absolute atomic E-state index is 12.9. The maximum Gasteiger partial charge on any atom is 0.251 e. The van der Waals surface area contributed by atoms with Crippen LogP contribution in [0.25, 0.3) is 0 Å². The van der Waals surface area contributed by atoms with Gasteiger partial charge in [0.05, 0.1) is 13.2 Å². The predicted molar refractivity (Wildman–Crippen MR) is 113 cm³/mol. The second kappa shape index (κ2) is 8.16. The Bertz CT molecular complexity index is 1010. The summed E-state index contributed by atoms with van der Waals surface area (Å²) in [4.78, 5) is 12.9. The monoisotopic (exact) mass is 416 g/mol. The summed E-state index contributed by atoms with van der Waals surface area (Å²) >= 11 is 0. The Morgan fingerprint density at radius 3 is 2.55 bits per heavy atom. The Morgan fingerprint density at radius 1 is 1.14 bits per heavy atom. The molecule has 0 aromatic heterocycles. The Hall–Kier alpha value is -2.38. The zero-order valence-corrected chi connectivity index (χ0v) is 18.1. The van der Waals surface area contributed by atoms with Crippen molar-refractivity contribution in [3.8, 4) is 5.75 Å². The molecule has 0 radical (unpaired) electrons. The van der Waals surface area contributed by atoms with E-state index in [2.05, 4.69) is 16.1 Å². The lowest BCUT2D eigenvalue weighted by Gasteiger charge is -2.26. The molecule has 0 aliphatic heterocycles. The number of nitrogens with one attached hydrogen (secondary N) is 2. The summed E-state index contributed by atoms with van der Waals surface area (Å²) in [5.41, 5.74) is 2.00. The van der Waals surface area contributed by atoms with E-state index >= 15 is 0 Å². The van der Waals surface area contributed by atoms with Gasteiger partial charge in [-0.15, -0.1) is 0 Å². The van der Waals surface area contributed by atoms with Gasteiger partial charge in [-0.3, -0.25) is 4.79 Å². The van der Waals surface area contributed by atoms with E-state index in [-0.39, 0.29) is 28.2 Å². The second-order valence-corrected chi connectivity index (χ2v) is 9.99. The van der Waals surface area contributed by atoms with E-state index in [9.17, 15) is 13.2 Å². The molecule has 0 fully saturated rings. The number of carbonyl (C=O) groups is 1. The maximum atomic E-state index is 12.9. The molecule has 2 aromatic carbocycles. The lowest BCUT2D eigenvalue weighted by Crippen LogP contribution is -2.40. The van der Waals surface area contributed by atoms with Gasteiger partial charge in [0.25, 0.3) is 5.91 Å². The number of methoxy groups -OCH3 is 1. The molecule has 0 heterocycles. The minimum Gasteiger partial charge on any atom is -0.495 e. The molecule has 156 valence electrons. The first-order valence-electron chi connectivity index (χ1n) is 9.71. The first-order chi connectivity index (χ1) is 13.6. The normalized spacial score (nSPS) is 16.8. The molecule has 3 rings (SSSR count). The van der Waals surface area contributed by atoms with E-state index in [1.807, 2.05) is 18.2 Å². The van der Waals surface area contributed by atoms with Crippen molar-refractivity contribution < 1.29 is 17.9 Å². The summed E-state index contributed by atoms with van der Waals surface area (Å²) in [6.45, 7) is 5.27. The number of aryl methyl sites for hydroxylation is 1. The van der Waals surface area contributed by atoms with E-state index in [0.717, 1.165) is 24.8 Å². The fourth-order valence-corrected chi connectivity index (χ4v) is 5.25. The van der Waals surface area contributed by atoms with Crippen LogP contribution in [0.4, 0.5) is 0 Å². The van der Waals surface area contributed by atoms with Crippen LogP contribution < -0.4 is 14.8 Å².